The predicted molar refractivity (Wildman–Crippen MR) is 43.3 cm³/mol. The van der Waals surface area contributed by atoms with Crippen LogP contribution in [-0.2, 0) is 0 Å². The molecule has 0 saturated carbocycles. The minimum Gasteiger partial charge on any atom is -0.389 e. The first kappa shape index (κ1) is 8.52. The first-order valence-electron chi connectivity index (χ1n) is 3.66. The minimum atomic E-state index is -0.712. The van der Waals surface area contributed by atoms with Crippen LogP contribution in [0.15, 0.2) is 12.3 Å². The zero-order valence-corrected chi connectivity index (χ0v) is 6.91. The van der Waals surface area contributed by atoms with Crippen LogP contribution in [0.2, 0.25) is 0 Å². The molecule has 1 aliphatic heterocycles. The quantitative estimate of drug-likeness (QED) is 0.500. The maximum Gasteiger partial charge on any atom is 0.0960 e. The highest BCUT2D eigenvalue weighted by Crippen LogP contribution is 2.07. The average Bonchev–Trinajstić information content (AvgIpc) is 2.12. The highest BCUT2D eigenvalue weighted by atomic mass is 16.3. The van der Waals surface area contributed by atoms with E-state index in [9.17, 15) is 5.11 Å². The van der Waals surface area contributed by atoms with E-state index in [0.29, 0.717) is 6.54 Å². The molecule has 4 N–H and O–H groups in total. The highest BCUT2D eigenvalue weighted by Gasteiger charge is 2.22. The summed E-state index contributed by atoms with van der Waals surface area (Å²) in [5, 5.41) is 11.2. The summed E-state index contributed by atoms with van der Waals surface area (Å²) in [5.41, 5.74) is 7.87. The Hall–Kier alpha value is -0.580. The fraction of sp³-hybridized carbons (Fsp3) is 0.714. The maximum atomic E-state index is 9.43. The van der Waals surface area contributed by atoms with Crippen molar-refractivity contribution in [2.24, 2.45) is 5.73 Å². The highest BCUT2D eigenvalue weighted by molar-refractivity contribution is 4.96. The second-order valence-corrected chi connectivity index (χ2v) is 3.42. The van der Waals surface area contributed by atoms with Crippen molar-refractivity contribution in [1.29, 1.82) is 0 Å². The van der Waals surface area contributed by atoms with Crippen LogP contribution in [0.3, 0.4) is 0 Å². The minimum absolute atomic E-state index is 0.124. The van der Waals surface area contributed by atoms with E-state index in [1.54, 1.807) is 25.1 Å². The van der Waals surface area contributed by atoms with Crippen LogP contribution in [0.4, 0.5) is 0 Å². The van der Waals surface area contributed by atoms with Gasteiger partial charge in [0, 0.05) is 12.7 Å². The Kier molecular flexibility index (Phi) is 2.17. The van der Waals surface area contributed by atoms with Gasteiger partial charge < -0.3 is 16.3 Å². The Labute approximate surface area is 66.6 Å². The van der Waals surface area contributed by atoms with Gasteiger partial charge in [-0.1, -0.05) is 0 Å². The van der Waals surface area contributed by atoms with Crippen molar-refractivity contribution >= 4 is 0 Å². The summed E-state index contributed by atoms with van der Waals surface area (Å²) in [7, 11) is 0. The van der Waals surface area contributed by atoms with Gasteiger partial charge in [0.2, 0.25) is 0 Å². The maximum absolute atomic E-state index is 9.43. The molecule has 0 bridgehead atoms. The van der Waals surface area contributed by atoms with Crippen LogP contribution in [0.25, 0.3) is 0 Å². The smallest absolute Gasteiger partial charge is 0.0960 e. The molecule has 4 heteroatoms. The van der Waals surface area contributed by atoms with E-state index in [2.05, 4.69) is 5.43 Å². The number of nitrogens with two attached hydrogens (primary N) is 1. The van der Waals surface area contributed by atoms with E-state index < -0.39 is 5.60 Å². The first-order chi connectivity index (χ1) is 4.99. The van der Waals surface area contributed by atoms with Gasteiger partial charge in [-0.05, 0) is 19.9 Å². The monoisotopic (exact) mass is 157 g/mol. The van der Waals surface area contributed by atoms with Crippen molar-refractivity contribution in [1.82, 2.24) is 10.4 Å². The number of hydrogen-bond donors (Lipinski definition) is 3. The van der Waals surface area contributed by atoms with E-state index in [-0.39, 0.29) is 6.17 Å². The second kappa shape index (κ2) is 2.81. The molecule has 1 heterocycles. The molecule has 0 aromatic carbocycles. The van der Waals surface area contributed by atoms with Gasteiger partial charge in [0.15, 0.2) is 0 Å². The Morgan fingerprint density at radius 2 is 2.36 bits per heavy atom. The fourth-order valence-corrected chi connectivity index (χ4v) is 0.995. The third-order valence-corrected chi connectivity index (χ3v) is 1.45. The van der Waals surface area contributed by atoms with E-state index in [0.717, 1.165) is 0 Å². The van der Waals surface area contributed by atoms with Gasteiger partial charge in [-0.3, -0.25) is 0 Å². The second-order valence-electron chi connectivity index (χ2n) is 3.42. The number of hydrogen-bond acceptors (Lipinski definition) is 4. The van der Waals surface area contributed by atoms with E-state index >= 15 is 0 Å². The number of rotatable bonds is 2. The molecule has 0 aromatic rings. The number of nitrogens with zero attached hydrogens (tertiary/aromatic N) is 1. The average molecular weight is 157 g/mol. The van der Waals surface area contributed by atoms with Crippen molar-refractivity contribution in [3.8, 4) is 0 Å². The Morgan fingerprint density at radius 1 is 1.73 bits per heavy atom. The molecule has 0 saturated heterocycles. The lowest BCUT2D eigenvalue weighted by Gasteiger charge is -2.28. The van der Waals surface area contributed by atoms with Crippen molar-refractivity contribution in [2.75, 3.05) is 6.54 Å². The largest absolute Gasteiger partial charge is 0.389 e. The zero-order chi connectivity index (χ0) is 8.48. The van der Waals surface area contributed by atoms with Gasteiger partial charge in [-0.2, -0.15) is 0 Å². The van der Waals surface area contributed by atoms with Gasteiger partial charge in [-0.25, -0.2) is 5.01 Å². The van der Waals surface area contributed by atoms with E-state index in [4.69, 9.17) is 5.73 Å². The normalized spacial score (nSPS) is 25.6. The number of β-amino-alcohol motifs (C(OH)–C–C–N with tert-alkyl or cyclic N) is 1. The third-order valence-electron chi connectivity index (χ3n) is 1.45. The van der Waals surface area contributed by atoms with Crippen LogP contribution < -0.4 is 11.2 Å². The fourth-order valence-electron chi connectivity index (χ4n) is 0.995. The molecule has 0 fully saturated rings. The van der Waals surface area contributed by atoms with Crippen LogP contribution in [0.1, 0.15) is 13.8 Å². The van der Waals surface area contributed by atoms with Crippen LogP contribution >= 0.6 is 0 Å². The van der Waals surface area contributed by atoms with Crippen LogP contribution in [-0.4, -0.2) is 28.4 Å². The van der Waals surface area contributed by atoms with E-state index in [1.807, 2.05) is 6.08 Å². The molecule has 1 unspecified atom stereocenters. The zero-order valence-electron chi connectivity index (χ0n) is 6.91. The molecule has 1 aliphatic rings. The van der Waals surface area contributed by atoms with Gasteiger partial charge in [0.05, 0.1) is 11.8 Å². The molecule has 64 valence electrons. The first-order valence-corrected chi connectivity index (χ1v) is 3.66. The lowest BCUT2D eigenvalue weighted by molar-refractivity contribution is 0.0189. The lowest BCUT2D eigenvalue weighted by Crippen LogP contribution is -2.49. The molecular weight excluding hydrogens is 142 g/mol. The molecule has 1 atom stereocenters. The number of nitrogens with one attached hydrogen (secondary N) is 1. The molecule has 0 amide bonds. The summed E-state index contributed by atoms with van der Waals surface area (Å²) >= 11 is 0. The molecule has 1 rings (SSSR count). The summed E-state index contributed by atoms with van der Waals surface area (Å²) in [6, 6.07) is 0. The third kappa shape index (κ3) is 2.49. The Morgan fingerprint density at radius 3 is 2.73 bits per heavy atom. The Balaban J connectivity index is 2.40. The summed E-state index contributed by atoms with van der Waals surface area (Å²) in [6.07, 6.45) is 3.49. The molecule has 0 aliphatic carbocycles. The predicted octanol–water partition coefficient (Wildman–Crippen LogP) is -0.624. The van der Waals surface area contributed by atoms with Gasteiger partial charge >= 0.3 is 0 Å². The molecular formula is C7H15N3O. The standard InChI is InChI=1S/C7H15N3O/c1-7(2,11)5-10-6(8)3-4-9-10/h3-4,6,9,11H,5,8H2,1-2H3. The van der Waals surface area contributed by atoms with Gasteiger partial charge in [-0.15, -0.1) is 0 Å². The molecule has 0 spiro atoms. The summed E-state index contributed by atoms with van der Waals surface area (Å²) in [5.74, 6) is 0. The van der Waals surface area contributed by atoms with Crippen LogP contribution in [0, 0.1) is 0 Å². The van der Waals surface area contributed by atoms with Crippen LogP contribution in [0.5, 0.6) is 0 Å². The Bertz CT molecular complexity index is 162. The summed E-state index contributed by atoms with van der Waals surface area (Å²) in [6.45, 7) is 4.01. The SMILES string of the molecule is CC(C)(O)CN1NC=CC1N. The molecule has 0 aromatic heterocycles. The van der Waals surface area contributed by atoms with Gasteiger partial charge in [0.25, 0.3) is 0 Å². The lowest BCUT2D eigenvalue weighted by atomic mass is 10.1. The summed E-state index contributed by atoms with van der Waals surface area (Å²) < 4.78 is 0. The van der Waals surface area contributed by atoms with Crippen molar-refractivity contribution in [3.05, 3.63) is 12.3 Å². The number of hydrazine groups is 1. The molecule has 4 nitrogen and oxygen atoms in total. The van der Waals surface area contributed by atoms with Crippen molar-refractivity contribution < 1.29 is 5.11 Å². The topological polar surface area (TPSA) is 61.5 Å². The molecule has 11 heavy (non-hydrogen) atoms. The van der Waals surface area contributed by atoms with Crippen molar-refractivity contribution in [2.45, 2.75) is 25.6 Å². The van der Waals surface area contributed by atoms with Gasteiger partial charge in [0.1, 0.15) is 0 Å². The van der Waals surface area contributed by atoms with Crippen molar-refractivity contribution in [3.63, 3.8) is 0 Å². The summed E-state index contributed by atoms with van der Waals surface area (Å²) in [4.78, 5) is 0. The van der Waals surface area contributed by atoms with E-state index in [1.165, 1.54) is 0 Å². The molecule has 0 radical (unpaired) electrons. The number of aliphatic hydroxyl groups is 1.